The molecule has 1 fully saturated rings. The number of β-lactam (4-membered cyclic amide) rings is 1. The Labute approximate surface area is 58.9 Å². The van der Waals surface area contributed by atoms with E-state index in [2.05, 4.69) is 12.6 Å². The van der Waals surface area contributed by atoms with Gasteiger partial charge in [0, 0.05) is 30.0 Å². The molecule has 48 valence electrons. The molecule has 0 saturated carbocycles. The lowest BCUT2D eigenvalue weighted by Gasteiger charge is -2.32. The maximum atomic E-state index is 10.7. The lowest BCUT2D eigenvalue weighted by atomic mass is 10.0. The summed E-state index contributed by atoms with van der Waals surface area (Å²) in [6.45, 7) is 0. The van der Waals surface area contributed by atoms with Gasteiger partial charge >= 0.3 is 0 Å². The molecule has 0 spiro atoms. The Balaban J connectivity index is 2.21. The van der Waals surface area contributed by atoms with Crippen molar-refractivity contribution in [3.8, 4) is 0 Å². The van der Waals surface area contributed by atoms with Crippen LogP contribution in [-0.4, -0.2) is 16.8 Å². The van der Waals surface area contributed by atoms with Crippen molar-refractivity contribution < 1.29 is 4.79 Å². The fourth-order valence-electron chi connectivity index (χ4n) is 1.30. The number of fused-ring (bicyclic) bond motifs is 1. The largest absolute Gasteiger partial charge is 0.314 e. The number of hydrogen-bond acceptors (Lipinski definition) is 2. The minimum Gasteiger partial charge on any atom is -0.314 e. The summed E-state index contributed by atoms with van der Waals surface area (Å²) < 4.78 is 0. The Morgan fingerprint density at radius 2 is 2.44 bits per heavy atom. The van der Waals surface area contributed by atoms with Crippen LogP contribution in [0.2, 0.25) is 0 Å². The third-order valence-electron chi connectivity index (χ3n) is 1.82. The Morgan fingerprint density at radius 1 is 1.67 bits per heavy atom. The van der Waals surface area contributed by atoms with Gasteiger partial charge in [0.1, 0.15) is 0 Å². The summed E-state index contributed by atoms with van der Waals surface area (Å²) >= 11 is 4.16. The normalized spacial score (nSPS) is 31.7. The van der Waals surface area contributed by atoms with Crippen LogP contribution in [0, 0.1) is 0 Å². The third kappa shape index (κ3) is 0.611. The summed E-state index contributed by atoms with van der Waals surface area (Å²) in [5.41, 5.74) is 0. The van der Waals surface area contributed by atoms with Gasteiger partial charge in [-0.15, -0.1) is 12.6 Å². The molecule has 2 nitrogen and oxygen atoms in total. The zero-order valence-electron chi connectivity index (χ0n) is 4.87. The van der Waals surface area contributed by atoms with E-state index in [-0.39, 0.29) is 5.91 Å². The van der Waals surface area contributed by atoms with Crippen molar-refractivity contribution in [2.75, 3.05) is 0 Å². The van der Waals surface area contributed by atoms with Crippen molar-refractivity contribution in [3.63, 3.8) is 0 Å². The molecule has 3 heteroatoms. The molecule has 0 N–H and O–H groups in total. The highest BCUT2D eigenvalue weighted by Crippen LogP contribution is 2.33. The predicted octanol–water partition coefficient (Wildman–Crippen LogP) is 0.762. The molecule has 0 aromatic heterocycles. The van der Waals surface area contributed by atoms with Gasteiger partial charge in [-0.05, 0) is 0 Å². The average molecular weight is 141 g/mol. The molecule has 2 aliphatic rings. The first-order valence-electron chi connectivity index (χ1n) is 2.98. The number of carbonyl (C=O) groups excluding carboxylic acids is 1. The summed E-state index contributed by atoms with van der Waals surface area (Å²) in [7, 11) is 0. The van der Waals surface area contributed by atoms with Gasteiger partial charge in [-0.3, -0.25) is 4.79 Å². The van der Waals surface area contributed by atoms with Crippen LogP contribution in [0.15, 0.2) is 11.1 Å². The molecular formula is C6H7NOS. The van der Waals surface area contributed by atoms with Gasteiger partial charge < -0.3 is 4.90 Å². The smallest absolute Gasteiger partial charge is 0.228 e. The van der Waals surface area contributed by atoms with E-state index in [4.69, 9.17) is 0 Å². The predicted molar refractivity (Wildman–Crippen MR) is 36.9 cm³/mol. The van der Waals surface area contributed by atoms with Crippen LogP contribution in [0.5, 0.6) is 0 Å². The lowest BCUT2D eigenvalue weighted by Crippen LogP contribution is -2.45. The van der Waals surface area contributed by atoms with E-state index in [9.17, 15) is 4.79 Å². The van der Waals surface area contributed by atoms with Crippen molar-refractivity contribution in [1.82, 2.24) is 4.90 Å². The Hall–Kier alpha value is -0.440. The van der Waals surface area contributed by atoms with Gasteiger partial charge in [0.05, 0.1) is 0 Å². The maximum Gasteiger partial charge on any atom is 0.228 e. The first-order valence-corrected chi connectivity index (χ1v) is 3.43. The summed E-state index contributed by atoms with van der Waals surface area (Å²) in [6.07, 6.45) is 3.52. The Kier molecular flexibility index (Phi) is 0.913. The zero-order chi connectivity index (χ0) is 6.43. The second-order valence-corrected chi connectivity index (χ2v) is 3.06. The van der Waals surface area contributed by atoms with Gasteiger partial charge in [0.15, 0.2) is 0 Å². The van der Waals surface area contributed by atoms with Crippen molar-refractivity contribution in [2.45, 2.75) is 18.9 Å². The molecule has 2 heterocycles. The second kappa shape index (κ2) is 1.53. The summed E-state index contributed by atoms with van der Waals surface area (Å²) in [4.78, 5) is 13.5. The molecule has 0 aliphatic carbocycles. The molecule has 2 rings (SSSR count). The fourth-order valence-corrected chi connectivity index (χ4v) is 1.63. The monoisotopic (exact) mass is 141 g/mol. The molecule has 2 aliphatic heterocycles. The van der Waals surface area contributed by atoms with Crippen LogP contribution >= 0.6 is 12.6 Å². The molecule has 1 saturated heterocycles. The Morgan fingerprint density at radius 3 is 2.89 bits per heavy atom. The van der Waals surface area contributed by atoms with E-state index in [1.807, 2.05) is 6.20 Å². The SMILES string of the molecule is O=C1CC2CC(S)=CN12. The number of thiol groups is 1. The highest BCUT2D eigenvalue weighted by Gasteiger charge is 2.38. The van der Waals surface area contributed by atoms with Crippen LogP contribution in [0.1, 0.15) is 12.8 Å². The van der Waals surface area contributed by atoms with E-state index in [1.165, 1.54) is 0 Å². The molecule has 1 atom stereocenters. The number of amides is 1. The second-order valence-electron chi connectivity index (χ2n) is 2.48. The molecule has 9 heavy (non-hydrogen) atoms. The molecular weight excluding hydrogens is 134 g/mol. The topological polar surface area (TPSA) is 20.3 Å². The molecule has 0 aromatic carbocycles. The minimum absolute atomic E-state index is 0.240. The molecule has 1 amide bonds. The van der Waals surface area contributed by atoms with E-state index < -0.39 is 0 Å². The van der Waals surface area contributed by atoms with Crippen LogP contribution < -0.4 is 0 Å². The van der Waals surface area contributed by atoms with Crippen LogP contribution in [-0.2, 0) is 4.79 Å². The highest BCUT2D eigenvalue weighted by atomic mass is 32.1. The van der Waals surface area contributed by atoms with Crippen molar-refractivity contribution in [3.05, 3.63) is 11.1 Å². The van der Waals surface area contributed by atoms with Crippen LogP contribution in [0.4, 0.5) is 0 Å². The van der Waals surface area contributed by atoms with Crippen molar-refractivity contribution >= 4 is 18.5 Å². The summed E-state index contributed by atoms with van der Waals surface area (Å²) in [5.74, 6) is 0.240. The number of rotatable bonds is 0. The first kappa shape index (κ1) is 5.35. The fraction of sp³-hybridized carbons (Fsp3) is 0.500. The third-order valence-corrected chi connectivity index (χ3v) is 2.12. The van der Waals surface area contributed by atoms with Crippen molar-refractivity contribution in [2.24, 2.45) is 0 Å². The van der Waals surface area contributed by atoms with Gasteiger partial charge in [-0.2, -0.15) is 0 Å². The molecule has 1 unspecified atom stereocenters. The van der Waals surface area contributed by atoms with E-state index in [1.54, 1.807) is 4.90 Å². The standard InChI is InChI=1S/C6H7NOS/c8-6-2-4-1-5(9)3-7(4)6/h3-4,9H,1-2H2. The zero-order valence-corrected chi connectivity index (χ0v) is 5.77. The summed E-state index contributed by atoms with van der Waals surface area (Å²) in [6, 6.07) is 0.463. The molecule has 0 bridgehead atoms. The number of hydrogen-bond donors (Lipinski definition) is 1. The quantitative estimate of drug-likeness (QED) is 0.390. The van der Waals surface area contributed by atoms with Gasteiger partial charge in [-0.1, -0.05) is 0 Å². The van der Waals surface area contributed by atoms with Crippen LogP contribution in [0.25, 0.3) is 0 Å². The maximum absolute atomic E-state index is 10.7. The summed E-state index contributed by atoms with van der Waals surface area (Å²) in [5, 5.41) is 0. The first-order chi connectivity index (χ1) is 4.27. The lowest BCUT2D eigenvalue weighted by molar-refractivity contribution is -0.140. The van der Waals surface area contributed by atoms with E-state index in [0.29, 0.717) is 6.04 Å². The highest BCUT2D eigenvalue weighted by molar-refractivity contribution is 7.84. The van der Waals surface area contributed by atoms with Gasteiger partial charge in [-0.25, -0.2) is 0 Å². The molecule has 0 aromatic rings. The Bertz CT molecular complexity index is 199. The van der Waals surface area contributed by atoms with Crippen molar-refractivity contribution in [1.29, 1.82) is 0 Å². The van der Waals surface area contributed by atoms with E-state index in [0.717, 1.165) is 17.7 Å². The molecule has 0 radical (unpaired) electrons. The van der Waals surface area contributed by atoms with Gasteiger partial charge in [0.25, 0.3) is 0 Å². The van der Waals surface area contributed by atoms with Gasteiger partial charge in [0.2, 0.25) is 5.91 Å². The number of nitrogens with zero attached hydrogens (tertiary/aromatic N) is 1. The minimum atomic E-state index is 0.240. The van der Waals surface area contributed by atoms with Crippen LogP contribution in [0.3, 0.4) is 0 Å². The average Bonchev–Trinajstić information content (AvgIpc) is 2.08. The number of carbonyl (C=O) groups is 1. The van der Waals surface area contributed by atoms with E-state index >= 15 is 0 Å².